The first-order valence-corrected chi connectivity index (χ1v) is 2.97. The van der Waals surface area contributed by atoms with Crippen LogP contribution in [0.4, 0.5) is 0 Å². The van der Waals surface area contributed by atoms with Gasteiger partial charge in [-0.05, 0) is 20.6 Å². The Labute approximate surface area is 83.3 Å². The Bertz CT molecular complexity index is 48.3. The summed E-state index contributed by atoms with van der Waals surface area (Å²) in [6.45, 7) is 2.15. The van der Waals surface area contributed by atoms with Crippen molar-refractivity contribution in [3.8, 4) is 0 Å². The van der Waals surface area contributed by atoms with Crippen molar-refractivity contribution in [3.63, 3.8) is 0 Å². The standard InChI is InChI=1S/C6H15N2.Y/c1-7-5-4-6-8(2)3;/h4-6H2,1-3H3;/q-1;. The molecule has 0 aliphatic rings. The van der Waals surface area contributed by atoms with E-state index in [0.717, 1.165) is 13.1 Å². The Kier molecular flexibility index (Phi) is 12.7. The molecule has 0 aromatic carbocycles. The van der Waals surface area contributed by atoms with Crippen molar-refractivity contribution in [1.29, 1.82) is 0 Å². The van der Waals surface area contributed by atoms with E-state index in [-0.39, 0.29) is 32.7 Å². The van der Waals surface area contributed by atoms with Crippen LogP contribution in [0.15, 0.2) is 0 Å². The van der Waals surface area contributed by atoms with Crippen molar-refractivity contribution in [2.24, 2.45) is 0 Å². The van der Waals surface area contributed by atoms with E-state index >= 15 is 0 Å². The summed E-state index contributed by atoms with van der Waals surface area (Å²) in [5.41, 5.74) is 0. The van der Waals surface area contributed by atoms with Gasteiger partial charge in [0.2, 0.25) is 0 Å². The minimum atomic E-state index is 0. The molecule has 1 radical (unpaired) electrons. The fourth-order valence-electron chi connectivity index (χ4n) is 0.545. The van der Waals surface area contributed by atoms with Gasteiger partial charge in [-0.25, -0.2) is 0 Å². The second kappa shape index (κ2) is 9.02. The quantitative estimate of drug-likeness (QED) is 0.623. The predicted octanol–water partition coefficient (Wildman–Crippen LogP) is 0.939. The summed E-state index contributed by atoms with van der Waals surface area (Å²) in [5.74, 6) is 0. The average molecular weight is 204 g/mol. The third-order valence-electron chi connectivity index (χ3n) is 0.987. The van der Waals surface area contributed by atoms with Crippen LogP contribution in [0.2, 0.25) is 0 Å². The van der Waals surface area contributed by atoms with Crippen LogP contribution in [-0.2, 0) is 32.7 Å². The van der Waals surface area contributed by atoms with Gasteiger partial charge in [0.05, 0.1) is 0 Å². The van der Waals surface area contributed by atoms with Crippen molar-refractivity contribution < 1.29 is 32.7 Å². The molecule has 0 rings (SSSR count). The molecule has 0 saturated heterocycles. The molecule has 0 unspecified atom stereocenters. The number of nitrogens with zero attached hydrogens (tertiary/aromatic N) is 2. The number of hydrogen-bond donors (Lipinski definition) is 0. The second-order valence-corrected chi connectivity index (χ2v) is 2.20. The predicted molar refractivity (Wildman–Crippen MR) is 37.3 cm³/mol. The molecule has 0 bridgehead atoms. The first kappa shape index (κ1) is 12.7. The van der Waals surface area contributed by atoms with Gasteiger partial charge >= 0.3 is 0 Å². The van der Waals surface area contributed by atoms with Crippen LogP contribution >= 0.6 is 0 Å². The fourth-order valence-corrected chi connectivity index (χ4v) is 0.545. The zero-order valence-corrected chi connectivity index (χ0v) is 9.43. The van der Waals surface area contributed by atoms with E-state index in [1.54, 1.807) is 0 Å². The van der Waals surface area contributed by atoms with E-state index in [1.165, 1.54) is 6.42 Å². The molecule has 0 fully saturated rings. The van der Waals surface area contributed by atoms with Gasteiger partial charge in [0.25, 0.3) is 0 Å². The van der Waals surface area contributed by atoms with Crippen molar-refractivity contribution in [2.45, 2.75) is 6.42 Å². The molecule has 0 amide bonds. The van der Waals surface area contributed by atoms with Gasteiger partial charge < -0.3 is 10.2 Å². The Morgan fingerprint density at radius 1 is 1.33 bits per heavy atom. The largest absolute Gasteiger partial charge is 0.665 e. The van der Waals surface area contributed by atoms with E-state index in [1.807, 2.05) is 7.05 Å². The number of rotatable bonds is 4. The maximum atomic E-state index is 3.98. The molecule has 0 aromatic rings. The maximum absolute atomic E-state index is 3.98. The van der Waals surface area contributed by atoms with Crippen molar-refractivity contribution >= 4 is 0 Å². The molecule has 0 saturated carbocycles. The molecule has 2 nitrogen and oxygen atoms in total. The van der Waals surface area contributed by atoms with E-state index in [4.69, 9.17) is 0 Å². The maximum Gasteiger partial charge on any atom is 0 e. The molecule has 0 aliphatic carbocycles. The van der Waals surface area contributed by atoms with E-state index in [2.05, 4.69) is 24.3 Å². The average Bonchev–Trinajstić information content (AvgIpc) is 1.66. The molecule has 3 heteroatoms. The van der Waals surface area contributed by atoms with Crippen LogP contribution in [-0.4, -0.2) is 39.1 Å². The molecule has 0 aromatic heterocycles. The summed E-state index contributed by atoms with van der Waals surface area (Å²) < 4.78 is 0. The molecule has 0 aliphatic heterocycles. The Balaban J connectivity index is 0. The molecule has 53 valence electrons. The minimum Gasteiger partial charge on any atom is -0.665 e. The summed E-state index contributed by atoms with van der Waals surface area (Å²) in [4.78, 5) is 2.17. The van der Waals surface area contributed by atoms with Crippen LogP contribution in [0.25, 0.3) is 5.32 Å². The van der Waals surface area contributed by atoms with Crippen LogP contribution < -0.4 is 0 Å². The van der Waals surface area contributed by atoms with Gasteiger partial charge in [-0.15, -0.1) is 6.54 Å². The monoisotopic (exact) mass is 204 g/mol. The van der Waals surface area contributed by atoms with Crippen LogP contribution in [0.3, 0.4) is 0 Å². The summed E-state index contributed by atoms with van der Waals surface area (Å²) in [6, 6.07) is 0. The van der Waals surface area contributed by atoms with E-state index in [0.29, 0.717) is 0 Å². The van der Waals surface area contributed by atoms with Crippen molar-refractivity contribution in [3.05, 3.63) is 5.32 Å². The van der Waals surface area contributed by atoms with Gasteiger partial charge in [-0.2, -0.15) is 7.05 Å². The van der Waals surface area contributed by atoms with E-state index < -0.39 is 0 Å². The summed E-state index contributed by atoms with van der Waals surface area (Å²) >= 11 is 0. The summed E-state index contributed by atoms with van der Waals surface area (Å²) in [5, 5.41) is 3.98. The fraction of sp³-hybridized carbons (Fsp3) is 1.00. The smallest absolute Gasteiger partial charge is 0 e. The van der Waals surface area contributed by atoms with Gasteiger partial charge in [0.15, 0.2) is 0 Å². The Morgan fingerprint density at radius 2 is 1.89 bits per heavy atom. The third kappa shape index (κ3) is 12.3. The zero-order valence-electron chi connectivity index (χ0n) is 6.59. The topological polar surface area (TPSA) is 17.3 Å². The summed E-state index contributed by atoms with van der Waals surface area (Å²) in [7, 11) is 6.01. The molecule has 9 heavy (non-hydrogen) atoms. The molecule has 0 spiro atoms. The van der Waals surface area contributed by atoms with Gasteiger partial charge in [0.1, 0.15) is 0 Å². The molecular formula is C6H15N2Y-. The third-order valence-corrected chi connectivity index (χ3v) is 0.987. The van der Waals surface area contributed by atoms with Gasteiger partial charge in [-0.1, -0.05) is 6.42 Å². The SMILES string of the molecule is C[N-]CCCN(C)C.[Y]. The normalized spacial score (nSPS) is 9.33. The molecule has 0 atom stereocenters. The molecule has 0 N–H and O–H groups in total. The van der Waals surface area contributed by atoms with Crippen molar-refractivity contribution in [1.82, 2.24) is 4.90 Å². The first-order valence-electron chi connectivity index (χ1n) is 2.97. The first-order chi connectivity index (χ1) is 3.77. The molecule has 0 heterocycles. The molecular weight excluding hydrogens is 189 g/mol. The Hall–Kier alpha value is 1.02. The van der Waals surface area contributed by atoms with Crippen molar-refractivity contribution in [2.75, 3.05) is 34.2 Å². The van der Waals surface area contributed by atoms with Gasteiger partial charge in [0, 0.05) is 32.7 Å². The number of hydrogen-bond acceptors (Lipinski definition) is 1. The van der Waals surface area contributed by atoms with Crippen LogP contribution in [0, 0.1) is 0 Å². The van der Waals surface area contributed by atoms with Crippen LogP contribution in [0.5, 0.6) is 0 Å². The Morgan fingerprint density at radius 3 is 2.22 bits per heavy atom. The van der Waals surface area contributed by atoms with E-state index in [9.17, 15) is 0 Å². The summed E-state index contributed by atoms with van der Waals surface area (Å²) in [6.07, 6.45) is 1.18. The zero-order chi connectivity index (χ0) is 6.41. The second-order valence-electron chi connectivity index (χ2n) is 2.20. The van der Waals surface area contributed by atoms with Gasteiger partial charge in [-0.3, -0.25) is 0 Å². The minimum absolute atomic E-state index is 0. The van der Waals surface area contributed by atoms with Crippen LogP contribution in [0.1, 0.15) is 6.42 Å².